The van der Waals surface area contributed by atoms with Gasteiger partial charge in [-0.2, -0.15) is 0 Å². The quantitative estimate of drug-likeness (QED) is 0.301. The Hall–Kier alpha value is -0.0900. The highest BCUT2D eigenvalue weighted by atomic mass is 127. The Morgan fingerprint density at radius 2 is 1.92 bits per heavy atom. The number of nitrogens with zero attached hydrogens (tertiary/aromatic N) is 1. The minimum atomic E-state index is -3.22. The molecule has 0 aromatic carbocycles. The van der Waals surface area contributed by atoms with E-state index >= 15 is 0 Å². The summed E-state index contributed by atoms with van der Waals surface area (Å²) in [5.74, 6) is 2.39. The molecule has 0 aromatic rings. The molecule has 2 atom stereocenters. The molecule has 3 N–H and O–H groups in total. The molecule has 1 saturated carbocycles. The van der Waals surface area contributed by atoms with Crippen molar-refractivity contribution in [3.05, 3.63) is 0 Å². The summed E-state index contributed by atoms with van der Waals surface area (Å²) in [6.45, 7) is 7.41. The van der Waals surface area contributed by atoms with Crippen LogP contribution in [0.15, 0.2) is 4.99 Å². The molecule has 6 nitrogen and oxygen atoms in total. The van der Waals surface area contributed by atoms with Gasteiger partial charge in [0.2, 0.25) is 10.0 Å². The molecule has 0 radical (unpaired) electrons. The van der Waals surface area contributed by atoms with Crippen LogP contribution in [0.2, 0.25) is 0 Å². The molecule has 1 aliphatic rings. The zero-order valence-electron chi connectivity index (χ0n) is 15.7. The third-order valence-corrected chi connectivity index (χ3v) is 5.20. The van der Waals surface area contributed by atoms with Crippen molar-refractivity contribution in [2.45, 2.75) is 58.4 Å². The zero-order chi connectivity index (χ0) is 17.5. The molecule has 0 amide bonds. The van der Waals surface area contributed by atoms with E-state index < -0.39 is 15.6 Å². The maximum Gasteiger partial charge on any atom is 0.209 e. The Morgan fingerprint density at radius 3 is 2.46 bits per heavy atom. The van der Waals surface area contributed by atoms with E-state index in [1.54, 1.807) is 7.05 Å². The van der Waals surface area contributed by atoms with Crippen molar-refractivity contribution >= 4 is 40.0 Å². The fourth-order valence-electron chi connectivity index (χ4n) is 3.28. The van der Waals surface area contributed by atoms with Crippen LogP contribution in [0.3, 0.4) is 0 Å². The first kappa shape index (κ1) is 23.9. The molecule has 2 unspecified atom stereocenters. The number of sulfonamides is 1. The van der Waals surface area contributed by atoms with Gasteiger partial charge in [-0.05, 0) is 38.5 Å². The van der Waals surface area contributed by atoms with Crippen molar-refractivity contribution in [1.82, 2.24) is 15.4 Å². The largest absolute Gasteiger partial charge is 0.356 e. The number of rotatable bonds is 7. The van der Waals surface area contributed by atoms with Gasteiger partial charge in [-0.3, -0.25) is 4.99 Å². The number of hydrogen-bond donors (Lipinski definition) is 3. The second-order valence-corrected chi connectivity index (χ2v) is 9.29. The Morgan fingerprint density at radius 1 is 1.25 bits per heavy atom. The highest BCUT2D eigenvalue weighted by molar-refractivity contribution is 14.0. The summed E-state index contributed by atoms with van der Waals surface area (Å²) in [7, 11) is -1.49. The van der Waals surface area contributed by atoms with Crippen LogP contribution in [0.25, 0.3) is 0 Å². The standard InChI is InChI=1S/C16H34N4O2S.HI/c1-13-7-6-8-14(11-13)9-10-18-15(17-4)19-12-16(2,3)20-23(5,21)22;/h13-14,20H,6-12H2,1-5H3,(H2,17,18,19);1H. The molecule has 0 aromatic heterocycles. The van der Waals surface area contributed by atoms with Crippen LogP contribution in [0.4, 0.5) is 0 Å². The van der Waals surface area contributed by atoms with Gasteiger partial charge in [0.1, 0.15) is 0 Å². The van der Waals surface area contributed by atoms with Crippen molar-refractivity contribution in [2.75, 3.05) is 26.4 Å². The second-order valence-electron chi connectivity index (χ2n) is 7.54. The lowest BCUT2D eigenvalue weighted by Gasteiger charge is -2.28. The highest BCUT2D eigenvalue weighted by Gasteiger charge is 2.22. The smallest absolute Gasteiger partial charge is 0.209 e. The summed E-state index contributed by atoms with van der Waals surface area (Å²) in [5, 5.41) is 6.52. The van der Waals surface area contributed by atoms with E-state index in [-0.39, 0.29) is 24.0 Å². The molecule has 8 heteroatoms. The van der Waals surface area contributed by atoms with Crippen molar-refractivity contribution in [3.8, 4) is 0 Å². The lowest BCUT2D eigenvalue weighted by molar-refractivity contribution is 0.270. The molecule has 1 aliphatic carbocycles. The SMILES string of the molecule is CN=C(NCCC1CCCC(C)C1)NCC(C)(C)NS(C)(=O)=O.I. The van der Waals surface area contributed by atoms with E-state index in [0.29, 0.717) is 6.54 Å². The number of hydrogen-bond acceptors (Lipinski definition) is 3. The average Bonchev–Trinajstić information content (AvgIpc) is 2.40. The number of aliphatic imine (C=N–C) groups is 1. The molecule has 1 rings (SSSR count). The Labute approximate surface area is 165 Å². The van der Waals surface area contributed by atoms with E-state index in [1.165, 1.54) is 31.9 Å². The van der Waals surface area contributed by atoms with Crippen molar-refractivity contribution in [1.29, 1.82) is 0 Å². The van der Waals surface area contributed by atoms with Crippen LogP contribution in [-0.2, 0) is 10.0 Å². The van der Waals surface area contributed by atoms with Crippen LogP contribution in [0.5, 0.6) is 0 Å². The van der Waals surface area contributed by atoms with Crippen molar-refractivity contribution in [2.24, 2.45) is 16.8 Å². The van der Waals surface area contributed by atoms with E-state index in [1.807, 2.05) is 13.8 Å². The highest BCUT2D eigenvalue weighted by Crippen LogP contribution is 2.30. The fraction of sp³-hybridized carbons (Fsp3) is 0.938. The minimum absolute atomic E-state index is 0. The average molecular weight is 474 g/mol. The Bertz CT molecular complexity index is 494. The predicted octanol–water partition coefficient (Wildman–Crippen LogP) is 2.31. The van der Waals surface area contributed by atoms with E-state index in [4.69, 9.17) is 0 Å². The molecule has 0 spiro atoms. The molecule has 144 valence electrons. The Kier molecular flexibility index (Phi) is 10.8. The van der Waals surface area contributed by atoms with Gasteiger partial charge in [0.25, 0.3) is 0 Å². The molecule has 24 heavy (non-hydrogen) atoms. The monoisotopic (exact) mass is 474 g/mol. The third-order valence-electron chi connectivity index (χ3n) is 4.27. The molecule has 0 aliphatic heterocycles. The van der Waals surface area contributed by atoms with Gasteiger partial charge in [-0.15, -0.1) is 24.0 Å². The topological polar surface area (TPSA) is 82.6 Å². The van der Waals surface area contributed by atoms with Crippen LogP contribution in [-0.4, -0.2) is 46.3 Å². The molecule has 1 fully saturated rings. The summed E-state index contributed by atoms with van der Waals surface area (Å²) in [6.07, 6.45) is 7.73. The van der Waals surface area contributed by atoms with E-state index in [9.17, 15) is 8.42 Å². The van der Waals surface area contributed by atoms with Gasteiger partial charge >= 0.3 is 0 Å². The van der Waals surface area contributed by atoms with E-state index in [0.717, 1.165) is 30.8 Å². The maximum absolute atomic E-state index is 11.3. The van der Waals surface area contributed by atoms with Gasteiger partial charge in [0.15, 0.2) is 5.96 Å². The first-order valence-electron chi connectivity index (χ1n) is 8.55. The number of guanidine groups is 1. The number of nitrogens with one attached hydrogen (secondary N) is 3. The molecule has 0 bridgehead atoms. The van der Waals surface area contributed by atoms with Gasteiger partial charge in [-0.1, -0.05) is 26.2 Å². The van der Waals surface area contributed by atoms with E-state index in [2.05, 4.69) is 27.3 Å². The first-order chi connectivity index (χ1) is 10.6. The maximum atomic E-state index is 11.3. The lowest BCUT2D eigenvalue weighted by atomic mass is 9.81. The minimum Gasteiger partial charge on any atom is -0.356 e. The second kappa shape index (κ2) is 10.8. The van der Waals surface area contributed by atoms with Crippen LogP contribution in [0, 0.1) is 11.8 Å². The summed E-state index contributed by atoms with van der Waals surface area (Å²) < 4.78 is 25.3. The molecule has 0 saturated heterocycles. The molecular weight excluding hydrogens is 439 g/mol. The predicted molar refractivity (Wildman–Crippen MR) is 113 cm³/mol. The van der Waals surface area contributed by atoms with Crippen LogP contribution < -0.4 is 15.4 Å². The third kappa shape index (κ3) is 10.7. The summed E-state index contributed by atoms with van der Waals surface area (Å²) >= 11 is 0. The van der Waals surface area contributed by atoms with Crippen LogP contribution >= 0.6 is 24.0 Å². The van der Waals surface area contributed by atoms with Crippen molar-refractivity contribution in [3.63, 3.8) is 0 Å². The van der Waals surface area contributed by atoms with Gasteiger partial charge in [0, 0.05) is 25.7 Å². The normalized spacial score (nSPS) is 22.6. The zero-order valence-corrected chi connectivity index (χ0v) is 18.8. The van der Waals surface area contributed by atoms with Crippen molar-refractivity contribution < 1.29 is 8.42 Å². The molecule has 0 heterocycles. The lowest BCUT2D eigenvalue weighted by Crippen LogP contribution is -2.53. The van der Waals surface area contributed by atoms with Gasteiger partial charge in [0.05, 0.1) is 6.26 Å². The number of halogens is 1. The first-order valence-corrected chi connectivity index (χ1v) is 10.4. The summed E-state index contributed by atoms with van der Waals surface area (Å²) in [5.41, 5.74) is -0.565. The molecular formula is C16H35IN4O2S. The fourth-order valence-corrected chi connectivity index (χ4v) is 4.36. The van der Waals surface area contributed by atoms with Gasteiger partial charge < -0.3 is 10.6 Å². The summed E-state index contributed by atoms with van der Waals surface area (Å²) in [6, 6.07) is 0. The Balaban J connectivity index is 0.00000529. The summed E-state index contributed by atoms with van der Waals surface area (Å²) in [4.78, 5) is 4.20. The van der Waals surface area contributed by atoms with Crippen LogP contribution in [0.1, 0.15) is 52.9 Å². The van der Waals surface area contributed by atoms with Gasteiger partial charge in [-0.25, -0.2) is 13.1 Å².